The van der Waals surface area contributed by atoms with Crippen LogP contribution in [0.25, 0.3) is 10.9 Å². The summed E-state index contributed by atoms with van der Waals surface area (Å²) < 4.78 is 42.5. The number of aromatic nitrogens is 1. The molecule has 0 spiro atoms. The molecule has 1 heterocycles. The van der Waals surface area contributed by atoms with Crippen molar-refractivity contribution in [3.63, 3.8) is 0 Å². The van der Waals surface area contributed by atoms with Crippen LogP contribution in [0.4, 0.5) is 13.2 Å². The summed E-state index contributed by atoms with van der Waals surface area (Å²) in [6, 6.07) is 14.2. The van der Waals surface area contributed by atoms with Crippen LogP contribution >= 0.6 is 0 Å². The fourth-order valence-corrected chi connectivity index (χ4v) is 2.48. The Labute approximate surface area is 131 Å². The SMILES string of the molecule is FC(F)(F)Cc1ccc(OCCc2ccc3[nH]ccc3c2)cc1. The van der Waals surface area contributed by atoms with Crippen molar-refractivity contribution in [1.29, 1.82) is 0 Å². The number of benzene rings is 2. The van der Waals surface area contributed by atoms with Gasteiger partial charge in [0.15, 0.2) is 0 Å². The summed E-state index contributed by atoms with van der Waals surface area (Å²) in [5.74, 6) is 0.582. The predicted molar refractivity (Wildman–Crippen MR) is 83.7 cm³/mol. The number of alkyl halides is 3. The van der Waals surface area contributed by atoms with Gasteiger partial charge >= 0.3 is 6.18 Å². The van der Waals surface area contributed by atoms with E-state index in [-0.39, 0.29) is 5.56 Å². The molecule has 0 bridgehead atoms. The summed E-state index contributed by atoms with van der Waals surface area (Å²) in [5.41, 5.74) is 2.49. The number of H-pyrrole nitrogens is 1. The molecule has 1 N–H and O–H groups in total. The number of halogens is 3. The highest BCUT2D eigenvalue weighted by Gasteiger charge is 2.27. The van der Waals surface area contributed by atoms with Crippen molar-refractivity contribution in [1.82, 2.24) is 4.98 Å². The average molecular weight is 319 g/mol. The topological polar surface area (TPSA) is 25.0 Å². The first kappa shape index (κ1) is 15.5. The van der Waals surface area contributed by atoms with E-state index in [1.807, 2.05) is 24.4 Å². The molecule has 0 aliphatic carbocycles. The highest BCUT2D eigenvalue weighted by Crippen LogP contribution is 2.23. The highest BCUT2D eigenvalue weighted by atomic mass is 19.4. The summed E-state index contributed by atoms with van der Waals surface area (Å²) in [7, 11) is 0. The molecule has 0 atom stereocenters. The van der Waals surface area contributed by atoms with Crippen LogP contribution in [-0.4, -0.2) is 17.8 Å². The monoisotopic (exact) mass is 319 g/mol. The zero-order valence-corrected chi connectivity index (χ0v) is 12.4. The lowest BCUT2D eigenvalue weighted by Gasteiger charge is -2.09. The molecule has 0 aliphatic heterocycles. The minimum absolute atomic E-state index is 0.239. The first-order chi connectivity index (χ1) is 11.0. The van der Waals surface area contributed by atoms with Crippen molar-refractivity contribution in [2.45, 2.75) is 19.0 Å². The zero-order valence-electron chi connectivity index (χ0n) is 12.4. The Balaban J connectivity index is 1.53. The van der Waals surface area contributed by atoms with Crippen LogP contribution in [0.15, 0.2) is 54.7 Å². The quantitative estimate of drug-likeness (QED) is 0.711. The standard InChI is InChI=1S/C18H16F3NO/c19-18(20,21)12-14-1-4-16(5-2-14)23-10-8-13-3-6-17-15(11-13)7-9-22-17/h1-7,9,11,22H,8,10,12H2. The van der Waals surface area contributed by atoms with Crippen LogP contribution in [0.3, 0.4) is 0 Å². The van der Waals surface area contributed by atoms with Gasteiger partial charge in [-0.05, 0) is 46.8 Å². The second kappa shape index (κ2) is 6.36. The smallest absolute Gasteiger partial charge is 0.393 e. The molecule has 2 nitrogen and oxygen atoms in total. The number of nitrogens with one attached hydrogen (secondary N) is 1. The van der Waals surface area contributed by atoms with Crippen molar-refractivity contribution < 1.29 is 17.9 Å². The second-order valence-corrected chi connectivity index (χ2v) is 5.43. The van der Waals surface area contributed by atoms with E-state index in [1.165, 1.54) is 12.1 Å². The van der Waals surface area contributed by atoms with Gasteiger partial charge in [-0.25, -0.2) is 0 Å². The Morgan fingerprint density at radius 1 is 0.913 bits per heavy atom. The van der Waals surface area contributed by atoms with Crippen LogP contribution < -0.4 is 4.74 Å². The molecule has 0 saturated heterocycles. The first-order valence-electron chi connectivity index (χ1n) is 7.34. The zero-order chi connectivity index (χ0) is 16.3. The van der Waals surface area contributed by atoms with Gasteiger partial charge in [0.2, 0.25) is 0 Å². The Morgan fingerprint density at radius 2 is 1.65 bits per heavy atom. The van der Waals surface area contributed by atoms with Gasteiger partial charge in [-0.2, -0.15) is 13.2 Å². The van der Waals surface area contributed by atoms with Gasteiger partial charge in [0.25, 0.3) is 0 Å². The minimum atomic E-state index is -4.18. The molecule has 0 radical (unpaired) electrons. The number of fused-ring (bicyclic) bond motifs is 1. The summed E-state index contributed by atoms with van der Waals surface area (Å²) in [5, 5.41) is 1.15. The molecular formula is C18H16F3NO. The van der Waals surface area contributed by atoms with Gasteiger partial charge in [0, 0.05) is 18.1 Å². The van der Waals surface area contributed by atoms with E-state index >= 15 is 0 Å². The lowest BCUT2D eigenvalue weighted by atomic mass is 10.1. The van der Waals surface area contributed by atoms with Crippen molar-refractivity contribution >= 4 is 10.9 Å². The van der Waals surface area contributed by atoms with E-state index in [9.17, 15) is 13.2 Å². The molecule has 3 rings (SSSR count). The Hall–Kier alpha value is -2.43. The lowest BCUT2D eigenvalue weighted by molar-refractivity contribution is -0.127. The second-order valence-electron chi connectivity index (χ2n) is 5.43. The average Bonchev–Trinajstić information content (AvgIpc) is 2.95. The summed E-state index contributed by atoms with van der Waals surface area (Å²) in [4.78, 5) is 3.14. The third-order valence-corrected chi connectivity index (χ3v) is 3.61. The van der Waals surface area contributed by atoms with E-state index in [1.54, 1.807) is 12.1 Å². The Morgan fingerprint density at radius 3 is 2.39 bits per heavy atom. The van der Waals surface area contributed by atoms with Crippen LogP contribution in [0.1, 0.15) is 11.1 Å². The minimum Gasteiger partial charge on any atom is -0.493 e. The van der Waals surface area contributed by atoms with Crippen molar-refractivity contribution in [2.75, 3.05) is 6.61 Å². The predicted octanol–water partition coefficient (Wildman–Crippen LogP) is 4.89. The molecule has 0 saturated carbocycles. The number of hydrogen-bond acceptors (Lipinski definition) is 1. The molecular weight excluding hydrogens is 303 g/mol. The molecule has 23 heavy (non-hydrogen) atoms. The fourth-order valence-electron chi connectivity index (χ4n) is 2.48. The Kier molecular flexibility index (Phi) is 4.28. The largest absolute Gasteiger partial charge is 0.493 e. The maximum Gasteiger partial charge on any atom is 0.393 e. The molecule has 5 heteroatoms. The molecule has 0 amide bonds. The normalized spacial score (nSPS) is 11.8. The summed E-state index contributed by atoms with van der Waals surface area (Å²) in [6.07, 6.45) is -2.46. The molecule has 0 unspecified atom stereocenters. The van der Waals surface area contributed by atoms with Gasteiger partial charge in [-0.3, -0.25) is 0 Å². The Bertz CT molecular complexity index is 775. The lowest BCUT2D eigenvalue weighted by Crippen LogP contribution is -2.11. The molecule has 0 fully saturated rings. The number of rotatable bonds is 5. The van der Waals surface area contributed by atoms with Crippen LogP contribution in [0.2, 0.25) is 0 Å². The van der Waals surface area contributed by atoms with Gasteiger partial charge in [0.05, 0.1) is 13.0 Å². The molecule has 3 aromatic rings. The summed E-state index contributed by atoms with van der Waals surface area (Å²) in [6.45, 7) is 0.481. The van der Waals surface area contributed by atoms with Crippen LogP contribution in [0.5, 0.6) is 5.75 Å². The number of ether oxygens (including phenoxy) is 1. The fraction of sp³-hybridized carbons (Fsp3) is 0.222. The first-order valence-corrected chi connectivity index (χ1v) is 7.34. The number of hydrogen-bond donors (Lipinski definition) is 1. The molecule has 0 aliphatic rings. The number of aromatic amines is 1. The third kappa shape index (κ3) is 4.28. The molecule has 2 aromatic carbocycles. The van der Waals surface area contributed by atoms with E-state index in [4.69, 9.17) is 4.74 Å². The van der Waals surface area contributed by atoms with Gasteiger partial charge in [0.1, 0.15) is 5.75 Å². The van der Waals surface area contributed by atoms with E-state index in [0.717, 1.165) is 22.9 Å². The van der Waals surface area contributed by atoms with Crippen LogP contribution in [0, 0.1) is 0 Å². The van der Waals surface area contributed by atoms with Crippen molar-refractivity contribution in [3.8, 4) is 5.75 Å². The van der Waals surface area contributed by atoms with E-state index in [0.29, 0.717) is 12.4 Å². The maximum absolute atomic E-state index is 12.3. The van der Waals surface area contributed by atoms with Crippen molar-refractivity contribution in [3.05, 3.63) is 65.9 Å². The van der Waals surface area contributed by atoms with E-state index in [2.05, 4.69) is 11.1 Å². The van der Waals surface area contributed by atoms with Gasteiger partial charge < -0.3 is 9.72 Å². The highest BCUT2D eigenvalue weighted by molar-refractivity contribution is 5.79. The summed E-state index contributed by atoms with van der Waals surface area (Å²) >= 11 is 0. The van der Waals surface area contributed by atoms with Gasteiger partial charge in [-0.15, -0.1) is 0 Å². The third-order valence-electron chi connectivity index (χ3n) is 3.61. The van der Waals surface area contributed by atoms with Crippen molar-refractivity contribution in [2.24, 2.45) is 0 Å². The molecule has 120 valence electrons. The van der Waals surface area contributed by atoms with E-state index < -0.39 is 12.6 Å². The maximum atomic E-state index is 12.3. The van der Waals surface area contributed by atoms with Gasteiger partial charge in [-0.1, -0.05) is 18.2 Å². The van der Waals surface area contributed by atoms with Crippen LogP contribution in [-0.2, 0) is 12.8 Å². The molecule has 1 aromatic heterocycles.